The number of nitrogens with zero attached hydrogens (tertiary/aromatic N) is 1. The summed E-state index contributed by atoms with van der Waals surface area (Å²) in [4.78, 5) is 11.5. The molecule has 0 rings (SSSR count). The highest BCUT2D eigenvalue weighted by atomic mass is 16.2. The lowest BCUT2D eigenvalue weighted by molar-refractivity contribution is -0.123. The second-order valence-corrected chi connectivity index (χ2v) is 4.95. The van der Waals surface area contributed by atoms with Crippen molar-refractivity contribution in [2.45, 2.75) is 40.2 Å². The van der Waals surface area contributed by atoms with Gasteiger partial charge in [-0.3, -0.25) is 4.79 Å². The summed E-state index contributed by atoms with van der Waals surface area (Å²) >= 11 is 0. The normalized spacial score (nSPS) is 13.4. The van der Waals surface area contributed by atoms with Crippen LogP contribution in [-0.2, 0) is 4.79 Å². The van der Waals surface area contributed by atoms with Crippen LogP contribution in [0.5, 0.6) is 0 Å². The second kappa shape index (κ2) is 5.72. The minimum Gasteiger partial charge on any atom is -0.353 e. The van der Waals surface area contributed by atoms with Gasteiger partial charge in [0.2, 0.25) is 5.91 Å². The van der Waals surface area contributed by atoms with Crippen LogP contribution in [0.3, 0.4) is 0 Å². The van der Waals surface area contributed by atoms with Crippen molar-refractivity contribution >= 4 is 5.91 Å². The summed E-state index contributed by atoms with van der Waals surface area (Å²) in [5.41, 5.74) is 5.16. The van der Waals surface area contributed by atoms with Crippen LogP contribution in [0.15, 0.2) is 0 Å². The molecule has 0 aromatic heterocycles. The van der Waals surface area contributed by atoms with Crippen LogP contribution >= 0.6 is 0 Å². The Morgan fingerprint density at radius 3 is 2.47 bits per heavy atom. The van der Waals surface area contributed by atoms with Gasteiger partial charge in [0.15, 0.2) is 0 Å². The van der Waals surface area contributed by atoms with E-state index in [1.807, 2.05) is 13.8 Å². The van der Waals surface area contributed by atoms with Crippen LogP contribution < -0.4 is 11.1 Å². The third kappa shape index (κ3) is 6.08. The molecule has 0 saturated carbocycles. The van der Waals surface area contributed by atoms with E-state index in [1.54, 1.807) is 13.8 Å². The molecule has 4 heteroatoms. The van der Waals surface area contributed by atoms with Crippen molar-refractivity contribution < 1.29 is 4.79 Å². The van der Waals surface area contributed by atoms with Crippen LogP contribution in [0.1, 0.15) is 34.1 Å². The second-order valence-electron chi connectivity index (χ2n) is 4.95. The number of nitrogens with one attached hydrogen (secondary N) is 1. The molecule has 3 N–H and O–H groups in total. The minimum absolute atomic E-state index is 0.174. The lowest BCUT2D eigenvalue weighted by atomic mass is 9.95. The molecule has 0 aliphatic heterocycles. The van der Waals surface area contributed by atoms with Gasteiger partial charge in [0.25, 0.3) is 0 Å². The molecule has 0 aromatic carbocycles. The van der Waals surface area contributed by atoms with Crippen molar-refractivity contribution in [1.29, 1.82) is 5.26 Å². The Hall–Kier alpha value is -1.08. The first-order chi connectivity index (χ1) is 6.78. The number of carbonyl (C=O) groups is 1. The Morgan fingerprint density at radius 2 is 2.07 bits per heavy atom. The number of hydrogen-bond donors (Lipinski definition) is 2. The first-order valence-electron chi connectivity index (χ1n) is 5.23. The molecule has 0 bridgehead atoms. The van der Waals surface area contributed by atoms with Crippen molar-refractivity contribution in [3.8, 4) is 6.07 Å². The zero-order valence-electron chi connectivity index (χ0n) is 10.0. The number of carbonyl (C=O) groups excluding carboxylic acids is 1. The van der Waals surface area contributed by atoms with Crippen LogP contribution in [0.25, 0.3) is 0 Å². The molecule has 0 unspecified atom stereocenters. The maximum atomic E-state index is 11.5. The van der Waals surface area contributed by atoms with Gasteiger partial charge >= 0.3 is 0 Å². The van der Waals surface area contributed by atoms with Crippen molar-refractivity contribution in [1.82, 2.24) is 5.32 Å². The third-order valence-electron chi connectivity index (χ3n) is 2.07. The van der Waals surface area contributed by atoms with Crippen molar-refractivity contribution in [3.05, 3.63) is 0 Å². The number of rotatable bonds is 5. The molecule has 0 saturated heterocycles. The summed E-state index contributed by atoms with van der Waals surface area (Å²) in [6, 6.07) is 1.65. The van der Waals surface area contributed by atoms with Gasteiger partial charge in [-0.05, 0) is 26.2 Å². The molecule has 0 heterocycles. The topological polar surface area (TPSA) is 78.9 Å². The highest BCUT2D eigenvalue weighted by Gasteiger charge is 2.20. The van der Waals surface area contributed by atoms with E-state index in [0.29, 0.717) is 18.9 Å². The smallest absolute Gasteiger partial charge is 0.236 e. The maximum absolute atomic E-state index is 11.5. The predicted molar refractivity (Wildman–Crippen MR) is 59.8 cm³/mol. The summed E-state index contributed by atoms with van der Waals surface area (Å²) in [7, 11) is 0. The third-order valence-corrected chi connectivity index (χ3v) is 2.07. The summed E-state index contributed by atoms with van der Waals surface area (Å²) in [5.74, 6) is 0.224. The van der Waals surface area contributed by atoms with Crippen molar-refractivity contribution in [2.75, 3.05) is 6.54 Å². The van der Waals surface area contributed by atoms with Crippen LogP contribution in [-0.4, -0.2) is 18.5 Å². The molecule has 86 valence electrons. The SMILES string of the molecule is CC(C)C[C@@H](N)C(=O)NCC(C)(C)C#N. The van der Waals surface area contributed by atoms with Crippen molar-refractivity contribution in [2.24, 2.45) is 17.1 Å². The van der Waals surface area contributed by atoms with Gasteiger partial charge in [-0.1, -0.05) is 13.8 Å². The molecule has 0 aliphatic rings. The number of hydrogen-bond acceptors (Lipinski definition) is 3. The molecule has 0 radical (unpaired) electrons. The Balaban J connectivity index is 4.00. The monoisotopic (exact) mass is 211 g/mol. The van der Waals surface area contributed by atoms with E-state index in [2.05, 4.69) is 11.4 Å². The fourth-order valence-electron chi connectivity index (χ4n) is 1.09. The fourth-order valence-corrected chi connectivity index (χ4v) is 1.09. The summed E-state index contributed by atoms with van der Waals surface area (Å²) in [6.07, 6.45) is 0.665. The molecule has 0 aliphatic carbocycles. The van der Waals surface area contributed by atoms with Crippen LogP contribution in [0, 0.1) is 22.7 Å². The molecular formula is C11H21N3O. The van der Waals surface area contributed by atoms with Gasteiger partial charge in [0.1, 0.15) is 0 Å². The Labute approximate surface area is 91.8 Å². The van der Waals surface area contributed by atoms with E-state index < -0.39 is 11.5 Å². The molecule has 1 amide bonds. The van der Waals surface area contributed by atoms with Gasteiger partial charge in [-0.25, -0.2) is 0 Å². The number of nitrogens with two attached hydrogens (primary N) is 1. The lowest BCUT2D eigenvalue weighted by Gasteiger charge is -2.19. The fraction of sp³-hybridized carbons (Fsp3) is 0.818. The Bertz CT molecular complexity index is 253. The highest BCUT2D eigenvalue weighted by molar-refractivity contribution is 5.81. The largest absolute Gasteiger partial charge is 0.353 e. The van der Waals surface area contributed by atoms with Gasteiger partial charge in [-0.2, -0.15) is 5.26 Å². The van der Waals surface area contributed by atoms with Crippen molar-refractivity contribution in [3.63, 3.8) is 0 Å². The first-order valence-corrected chi connectivity index (χ1v) is 5.23. The summed E-state index contributed by atoms with van der Waals surface area (Å²) in [5, 5.41) is 11.5. The average molecular weight is 211 g/mol. The zero-order valence-corrected chi connectivity index (χ0v) is 10.0. The van der Waals surface area contributed by atoms with Gasteiger partial charge in [0.05, 0.1) is 17.5 Å². The molecule has 0 spiro atoms. The van der Waals surface area contributed by atoms with Gasteiger partial charge in [0, 0.05) is 6.54 Å². The molecule has 4 nitrogen and oxygen atoms in total. The molecular weight excluding hydrogens is 190 g/mol. The molecule has 1 atom stereocenters. The van der Waals surface area contributed by atoms with Crippen LogP contribution in [0.2, 0.25) is 0 Å². The highest BCUT2D eigenvalue weighted by Crippen LogP contribution is 2.11. The Morgan fingerprint density at radius 1 is 1.53 bits per heavy atom. The number of amides is 1. The first kappa shape index (κ1) is 13.9. The standard InChI is InChI=1S/C11H21N3O/c1-8(2)5-9(13)10(15)14-7-11(3,4)6-12/h8-9H,5,7,13H2,1-4H3,(H,14,15)/t9-/m1/s1. The zero-order chi connectivity index (χ0) is 12.1. The Kier molecular flexibility index (Phi) is 5.31. The van der Waals surface area contributed by atoms with Crippen LogP contribution in [0.4, 0.5) is 0 Å². The van der Waals surface area contributed by atoms with E-state index in [9.17, 15) is 4.79 Å². The lowest BCUT2D eigenvalue weighted by Crippen LogP contribution is -2.44. The predicted octanol–water partition coefficient (Wildman–Crippen LogP) is 1.03. The average Bonchev–Trinajstić information content (AvgIpc) is 2.13. The van der Waals surface area contributed by atoms with E-state index in [-0.39, 0.29) is 5.91 Å². The van der Waals surface area contributed by atoms with E-state index >= 15 is 0 Å². The van der Waals surface area contributed by atoms with Gasteiger partial charge < -0.3 is 11.1 Å². The summed E-state index contributed by atoms with van der Waals surface area (Å²) < 4.78 is 0. The van der Waals surface area contributed by atoms with E-state index in [0.717, 1.165) is 0 Å². The number of nitriles is 1. The summed E-state index contributed by atoms with van der Waals surface area (Å²) in [6.45, 7) is 7.94. The molecule has 15 heavy (non-hydrogen) atoms. The molecule has 0 fully saturated rings. The molecule has 0 aromatic rings. The van der Waals surface area contributed by atoms with E-state index in [1.165, 1.54) is 0 Å². The maximum Gasteiger partial charge on any atom is 0.236 e. The minimum atomic E-state index is -0.535. The van der Waals surface area contributed by atoms with E-state index in [4.69, 9.17) is 11.0 Å². The quantitative estimate of drug-likeness (QED) is 0.712. The van der Waals surface area contributed by atoms with Gasteiger partial charge in [-0.15, -0.1) is 0 Å².